The van der Waals surface area contributed by atoms with E-state index in [1.165, 1.54) is 14.0 Å². The second kappa shape index (κ2) is 9.34. The summed E-state index contributed by atoms with van der Waals surface area (Å²) in [6.45, 7) is 1.48. The lowest BCUT2D eigenvalue weighted by Crippen LogP contribution is -2.32. The Kier molecular flexibility index (Phi) is 6.95. The van der Waals surface area contributed by atoms with Crippen LogP contribution in [0.15, 0.2) is 36.4 Å². The summed E-state index contributed by atoms with van der Waals surface area (Å²) in [7, 11) is 1.24. The summed E-state index contributed by atoms with van der Waals surface area (Å²) < 4.78 is 49.0. The Hall–Kier alpha value is -2.84. The van der Waals surface area contributed by atoms with Crippen molar-refractivity contribution in [2.24, 2.45) is 5.92 Å². The summed E-state index contributed by atoms with van der Waals surface area (Å²) in [4.78, 5) is 22.9. The van der Waals surface area contributed by atoms with Crippen LogP contribution in [0, 0.1) is 16.0 Å². The number of nitrogens with zero attached hydrogens (tertiary/aromatic N) is 1. The smallest absolute Gasteiger partial charge is 0.391 e. The summed E-state index contributed by atoms with van der Waals surface area (Å²) in [6.07, 6.45) is -3.66. The van der Waals surface area contributed by atoms with Crippen molar-refractivity contribution < 1.29 is 32.4 Å². The summed E-state index contributed by atoms with van der Waals surface area (Å²) >= 11 is 0. The average Bonchev–Trinajstić information content (AvgIpc) is 2.76. The number of rotatable bonds is 7. The second-order valence-electron chi connectivity index (χ2n) is 8.46. The van der Waals surface area contributed by atoms with Crippen molar-refractivity contribution in [2.45, 2.75) is 63.3 Å². The van der Waals surface area contributed by atoms with Gasteiger partial charge >= 0.3 is 12.1 Å². The van der Waals surface area contributed by atoms with Gasteiger partial charge in [-0.05, 0) is 54.7 Å². The van der Waals surface area contributed by atoms with Gasteiger partial charge in [0.05, 0.1) is 25.6 Å². The average molecular weight is 453 g/mol. The number of benzene rings is 2. The number of halogens is 3. The third kappa shape index (κ3) is 5.31. The van der Waals surface area contributed by atoms with Crippen molar-refractivity contribution in [1.29, 1.82) is 0 Å². The van der Waals surface area contributed by atoms with Crippen LogP contribution in [-0.4, -0.2) is 30.3 Å². The molecular weight excluding hydrogens is 427 g/mol. The largest absolute Gasteiger partial charge is 0.490 e. The normalized spacial score (nSPS) is 21.0. The first kappa shape index (κ1) is 23.8. The van der Waals surface area contributed by atoms with E-state index in [0.29, 0.717) is 24.2 Å². The Bertz CT molecular complexity index is 985. The lowest BCUT2D eigenvalue weighted by molar-refractivity contribution is -0.575. The molecule has 1 aliphatic carbocycles. The third-order valence-corrected chi connectivity index (χ3v) is 6.32. The van der Waals surface area contributed by atoms with Gasteiger partial charge in [0.1, 0.15) is 5.75 Å². The van der Waals surface area contributed by atoms with E-state index < -0.39 is 28.5 Å². The molecule has 3 rings (SSSR count). The van der Waals surface area contributed by atoms with Gasteiger partial charge in [-0.25, -0.2) is 0 Å². The fourth-order valence-electron chi connectivity index (χ4n) is 4.12. The summed E-state index contributed by atoms with van der Waals surface area (Å²) in [5.74, 6) is -1.21. The van der Waals surface area contributed by atoms with Gasteiger partial charge in [0.2, 0.25) is 5.54 Å². The van der Waals surface area contributed by atoms with Crippen molar-refractivity contribution in [3.8, 4) is 5.75 Å². The number of nitro groups is 1. The molecule has 174 valence electrons. The first-order valence-electron chi connectivity index (χ1n) is 10.5. The number of hydrogen-bond donors (Lipinski definition) is 0. The number of hydrogen-bond acceptors (Lipinski definition) is 5. The predicted octanol–water partition coefficient (Wildman–Crippen LogP) is 5.78. The monoisotopic (exact) mass is 453 g/mol. The van der Waals surface area contributed by atoms with Crippen LogP contribution in [0.5, 0.6) is 5.75 Å². The minimum Gasteiger partial charge on any atom is -0.490 e. The quantitative estimate of drug-likeness (QED) is 0.301. The molecular formula is C23H26F3NO5. The van der Waals surface area contributed by atoms with Crippen molar-refractivity contribution in [3.05, 3.63) is 52.1 Å². The molecule has 0 aromatic heterocycles. The molecule has 1 aliphatic rings. The zero-order valence-corrected chi connectivity index (χ0v) is 18.0. The van der Waals surface area contributed by atoms with Gasteiger partial charge in [0, 0.05) is 23.8 Å². The SMILES string of the molecule is COC(=O)CCC(C)(c1ccc2cc(O[C@H]3CC[C@H](C(F)(F)F)CC3)ccc2c1)[N+](=O)[O-]. The van der Waals surface area contributed by atoms with Crippen LogP contribution in [0.3, 0.4) is 0 Å². The molecule has 2 aromatic rings. The molecule has 0 bridgehead atoms. The molecule has 0 N–H and O–H groups in total. The van der Waals surface area contributed by atoms with E-state index in [1.807, 2.05) is 0 Å². The molecule has 1 saturated carbocycles. The van der Waals surface area contributed by atoms with E-state index in [2.05, 4.69) is 4.74 Å². The second-order valence-corrected chi connectivity index (χ2v) is 8.46. The Balaban J connectivity index is 1.73. The summed E-state index contributed by atoms with van der Waals surface area (Å²) in [5.41, 5.74) is -0.979. The summed E-state index contributed by atoms with van der Waals surface area (Å²) in [5, 5.41) is 13.3. The molecule has 1 fully saturated rings. The number of alkyl halides is 3. The number of ether oxygens (including phenoxy) is 2. The molecule has 0 amide bonds. The van der Waals surface area contributed by atoms with Crippen LogP contribution < -0.4 is 4.74 Å². The number of carbonyl (C=O) groups excluding carboxylic acids is 1. The van der Waals surface area contributed by atoms with Gasteiger partial charge in [-0.15, -0.1) is 0 Å². The lowest BCUT2D eigenvalue weighted by Gasteiger charge is -2.30. The van der Waals surface area contributed by atoms with Crippen LogP contribution in [0.1, 0.15) is 51.0 Å². The minimum atomic E-state index is -4.15. The standard InChI is InChI=1S/C23H26F3NO5/c1-22(27(29)30,12-11-21(28)31-2)18-5-3-16-14-20(8-4-15(16)13-18)32-19-9-6-17(7-10-19)23(24,25)26/h3-5,8,13-14,17,19H,6-7,9-12H2,1-2H3/t17-,19-,22?. The first-order valence-corrected chi connectivity index (χ1v) is 10.5. The number of carbonyl (C=O) groups is 1. The number of fused-ring (bicyclic) bond motifs is 1. The van der Waals surface area contributed by atoms with E-state index >= 15 is 0 Å². The first-order chi connectivity index (χ1) is 15.0. The molecule has 2 aromatic carbocycles. The molecule has 0 heterocycles. The molecule has 1 atom stereocenters. The summed E-state index contributed by atoms with van der Waals surface area (Å²) in [6, 6.07) is 10.4. The van der Waals surface area contributed by atoms with Crippen LogP contribution in [0.25, 0.3) is 10.8 Å². The Morgan fingerprint density at radius 3 is 2.31 bits per heavy atom. The van der Waals surface area contributed by atoms with Gasteiger partial charge in [-0.2, -0.15) is 13.2 Å². The van der Waals surface area contributed by atoms with Crippen molar-refractivity contribution in [1.82, 2.24) is 0 Å². The van der Waals surface area contributed by atoms with Crippen LogP contribution >= 0.6 is 0 Å². The fourth-order valence-corrected chi connectivity index (χ4v) is 4.12. The molecule has 9 heteroatoms. The Morgan fingerprint density at radius 1 is 1.09 bits per heavy atom. The molecule has 0 saturated heterocycles. The van der Waals surface area contributed by atoms with Gasteiger partial charge < -0.3 is 9.47 Å². The van der Waals surface area contributed by atoms with E-state index in [9.17, 15) is 28.1 Å². The van der Waals surface area contributed by atoms with Gasteiger partial charge in [-0.1, -0.05) is 18.2 Å². The third-order valence-electron chi connectivity index (χ3n) is 6.32. The van der Waals surface area contributed by atoms with Gasteiger partial charge in [0.25, 0.3) is 0 Å². The highest BCUT2D eigenvalue weighted by Gasteiger charge is 2.42. The molecule has 0 spiro atoms. The maximum Gasteiger partial charge on any atom is 0.391 e. The molecule has 1 unspecified atom stereocenters. The maximum atomic E-state index is 12.8. The van der Waals surface area contributed by atoms with Gasteiger partial charge in [-0.3, -0.25) is 14.9 Å². The minimum absolute atomic E-state index is 0.0000253. The van der Waals surface area contributed by atoms with E-state index in [0.717, 1.165) is 10.8 Å². The van der Waals surface area contributed by atoms with Gasteiger partial charge in [0.15, 0.2) is 0 Å². The Labute approximate surface area is 183 Å². The highest BCUT2D eigenvalue weighted by atomic mass is 19.4. The van der Waals surface area contributed by atoms with E-state index in [1.54, 1.807) is 36.4 Å². The molecule has 0 aliphatic heterocycles. The topological polar surface area (TPSA) is 78.7 Å². The lowest BCUT2D eigenvalue weighted by atomic mass is 9.86. The maximum absolute atomic E-state index is 12.8. The highest BCUT2D eigenvalue weighted by Crippen LogP contribution is 2.39. The van der Waals surface area contributed by atoms with Crippen LogP contribution in [0.2, 0.25) is 0 Å². The fraction of sp³-hybridized carbons (Fsp3) is 0.522. The molecule has 0 radical (unpaired) electrons. The number of esters is 1. The van der Waals surface area contributed by atoms with Crippen LogP contribution in [0.4, 0.5) is 13.2 Å². The zero-order chi connectivity index (χ0) is 23.5. The van der Waals surface area contributed by atoms with E-state index in [4.69, 9.17) is 4.74 Å². The van der Waals surface area contributed by atoms with Crippen molar-refractivity contribution >= 4 is 16.7 Å². The Morgan fingerprint density at radius 2 is 1.72 bits per heavy atom. The zero-order valence-electron chi connectivity index (χ0n) is 18.0. The molecule has 32 heavy (non-hydrogen) atoms. The molecule has 6 nitrogen and oxygen atoms in total. The predicted molar refractivity (Wildman–Crippen MR) is 112 cm³/mol. The highest BCUT2D eigenvalue weighted by molar-refractivity contribution is 5.84. The number of methoxy groups -OCH3 is 1. The van der Waals surface area contributed by atoms with Crippen molar-refractivity contribution in [2.75, 3.05) is 7.11 Å². The van der Waals surface area contributed by atoms with Crippen LogP contribution in [-0.2, 0) is 15.1 Å². The van der Waals surface area contributed by atoms with E-state index in [-0.39, 0.29) is 31.8 Å². The van der Waals surface area contributed by atoms with Crippen molar-refractivity contribution in [3.63, 3.8) is 0 Å².